The third-order valence-corrected chi connectivity index (χ3v) is 4.44. The Labute approximate surface area is 182 Å². The van der Waals surface area contributed by atoms with Gasteiger partial charge < -0.3 is 10.1 Å². The number of rotatable bonds is 6. The highest BCUT2D eigenvalue weighted by Gasteiger charge is 2.38. The molecule has 29 heavy (non-hydrogen) atoms. The SMILES string of the molecule is CCOC(=O)NC(=S)Nc1ccccc1[N+](Cc1ccccc1)(NC)C(C)=O.Cl. The number of quaternary nitrogens is 1. The molecule has 3 N–H and O–H groups in total. The molecule has 1 atom stereocenters. The van der Waals surface area contributed by atoms with Crippen LogP contribution < -0.4 is 20.7 Å². The van der Waals surface area contributed by atoms with Crippen molar-refractivity contribution in [2.75, 3.05) is 19.0 Å². The highest BCUT2D eigenvalue weighted by Crippen LogP contribution is 2.32. The molecule has 9 heteroatoms. The summed E-state index contributed by atoms with van der Waals surface area (Å²) in [5.74, 6) is -0.0927. The van der Waals surface area contributed by atoms with E-state index in [1.54, 1.807) is 20.0 Å². The highest BCUT2D eigenvalue weighted by molar-refractivity contribution is 7.80. The van der Waals surface area contributed by atoms with Gasteiger partial charge in [-0.05, 0) is 25.2 Å². The fraction of sp³-hybridized carbons (Fsp3) is 0.250. The predicted octanol–water partition coefficient (Wildman–Crippen LogP) is 3.74. The molecule has 2 aromatic carbocycles. The van der Waals surface area contributed by atoms with Crippen molar-refractivity contribution in [2.24, 2.45) is 0 Å². The maximum absolute atomic E-state index is 12.8. The average molecular weight is 438 g/mol. The molecule has 0 radical (unpaired) electrons. The number of halogens is 1. The lowest BCUT2D eigenvalue weighted by atomic mass is 10.1. The van der Waals surface area contributed by atoms with Crippen LogP contribution in [0.3, 0.4) is 0 Å². The minimum Gasteiger partial charge on any atom is -0.450 e. The van der Waals surface area contributed by atoms with Crippen LogP contribution in [-0.4, -0.2) is 30.8 Å². The van der Waals surface area contributed by atoms with Gasteiger partial charge in [-0.15, -0.1) is 17.0 Å². The lowest BCUT2D eigenvalue weighted by Crippen LogP contribution is -2.60. The van der Waals surface area contributed by atoms with Crippen molar-refractivity contribution in [3.05, 3.63) is 60.2 Å². The number of thiocarbonyl (C=S) groups is 1. The lowest BCUT2D eigenvalue weighted by molar-refractivity contribution is -0.131. The molecule has 0 aliphatic heterocycles. The van der Waals surface area contributed by atoms with Gasteiger partial charge in [0.2, 0.25) is 0 Å². The van der Waals surface area contributed by atoms with Gasteiger partial charge in [0.25, 0.3) is 0 Å². The molecule has 0 saturated carbocycles. The van der Waals surface area contributed by atoms with E-state index < -0.39 is 6.09 Å². The molecule has 7 nitrogen and oxygen atoms in total. The van der Waals surface area contributed by atoms with Gasteiger partial charge in [-0.2, -0.15) is 5.43 Å². The number of amides is 2. The molecule has 2 amide bonds. The Bertz CT molecular complexity index is 851. The van der Waals surface area contributed by atoms with Gasteiger partial charge in [0.15, 0.2) is 10.8 Å². The van der Waals surface area contributed by atoms with Crippen molar-refractivity contribution in [1.29, 1.82) is 0 Å². The van der Waals surface area contributed by atoms with Crippen molar-refractivity contribution in [2.45, 2.75) is 20.4 Å². The van der Waals surface area contributed by atoms with E-state index in [-0.39, 0.29) is 34.6 Å². The second-order valence-corrected chi connectivity index (χ2v) is 6.42. The zero-order valence-electron chi connectivity index (χ0n) is 16.6. The van der Waals surface area contributed by atoms with Crippen molar-refractivity contribution >= 4 is 53.1 Å². The van der Waals surface area contributed by atoms with Crippen LogP contribution in [-0.2, 0) is 16.1 Å². The summed E-state index contributed by atoms with van der Waals surface area (Å²) in [4.78, 5) is 24.4. The monoisotopic (exact) mass is 437 g/mol. The van der Waals surface area contributed by atoms with Gasteiger partial charge in [-0.1, -0.05) is 42.5 Å². The van der Waals surface area contributed by atoms with Crippen LogP contribution in [0.2, 0.25) is 0 Å². The van der Waals surface area contributed by atoms with Crippen molar-refractivity contribution in [1.82, 2.24) is 15.3 Å². The van der Waals surface area contributed by atoms with Crippen LogP contribution in [0.25, 0.3) is 0 Å². The molecule has 2 rings (SSSR count). The van der Waals surface area contributed by atoms with E-state index in [0.29, 0.717) is 17.9 Å². The summed E-state index contributed by atoms with van der Waals surface area (Å²) in [6.07, 6.45) is -0.636. The topological polar surface area (TPSA) is 79.5 Å². The minimum absolute atomic E-state index is 0. The molecular formula is C20H26ClN4O3S+. The fourth-order valence-electron chi connectivity index (χ4n) is 2.91. The van der Waals surface area contributed by atoms with Crippen LogP contribution in [0.15, 0.2) is 54.6 Å². The molecule has 0 heterocycles. The number of carbonyl (C=O) groups is 2. The second kappa shape index (κ2) is 11.5. The van der Waals surface area contributed by atoms with Crippen LogP contribution in [0.1, 0.15) is 19.4 Å². The van der Waals surface area contributed by atoms with Gasteiger partial charge in [-0.3, -0.25) is 5.32 Å². The number of hydrogen-bond donors (Lipinski definition) is 3. The average Bonchev–Trinajstić information content (AvgIpc) is 2.67. The summed E-state index contributed by atoms with van der Waals surface area (Å²) in [6, 6.07) is 17.0. The molecule has 0 aliphatic rings. The summed E-state index contributed by atoms with van der Waals surface area (Å²) in [6.45, 7) is 3.89. The van der Waals surface area contributed by atoms with Crippen molar-refractivity contribution in [3.8, 4) is 0 Å². The van der Waals surface area contributed by atoms with Gasteiger partial charge >= 0.3 is 12.0 Å². The Morgan fingerprint density at radius 1 is 1.07 bits per heavy atom. The Balaban J connectivity index is 0.00000420. The van der Waals surface area contributed by atoms with E-state index in [2.05, 4.69) is 16.1 Å². The van der Waals surface area contributed by atoms with Crippen LogP contribution in [0.4, 0.5) is 16.2 Å². The molecule has 0 aromatic heterocycles. The van der Waals surface area contributed by atoms with Crippen molar-refractivity contribution < 1.29 is 14.3 Å². The van der Waals surface area contributed by atoms with Gasteiger partial charge in [0, 0.05) is 18.7 Å². The first-order chi connectivity index (χ1) is 13.4. The molecular weight excluding hydrogens is 412 g/mol. The molecule has 0 fully saturated rings. The van der Waals surface area contributed by atoms with Gasteiger partial charge in [0.1, 0.15) is 12.2 Å². The van der Waals surface area contributed by atoms with Gasteiger partial charge in [-0.25, -0.2) is 9.59 Å². The Morgan fingerprint density at radius 3 is 2.28 bits per heavy atom. The Hall–Kier alpha value is -2.52. The number of anilines is 1. The van der Waals surface area contributed by atoms with E-state index in [9.17, 15) is 9.59 Å². The number of carbonyl (C=O) groups excluding carboxylic acids is 2. The summed E-state index contributed by atoms with van der Waals surface area (Å²) in [5, 5.41) is 5.53. The predicted molar refractivity (Wildman–Crippen MR) is 122 cm³/mol. The number of nitrogens with zero attached hydrogens (tertiary/aromatic N) is 1. The molecule has 2 aromatic rings. The number of para-hydroxylation sites is 2. The third kappa shape index (κ3) is 6.23. The summed E-state index contributed by atoms with van der Waals surface area (Å²) < 4.78 is 4.71. The quantitative estimate of drug-likeness (QED) is 0.363. The maximum atomic E-state index is 12.8. The highest BCUT2D eigenvalue weighted by atomic mass is 35.5. The molecule has 0 aliphatic carbocycles. The zero-order chi connectivity index (χ0) is 20.6. The van der Waals surface area contributed by atoms with Crippen LogP contribution in [0.5, 0.6) is 0 Å². The summed E-state index contributed by atoms with van der Waals surface area (Å²) in [5.41, 5.74) is 5.42. The van der Waals surface area contributed by atoms with E-state index in [0.717, 1.165) is 5.56 Å². The van der Waals surface area contributed by atoms with Crippen LogP contribution in [0, 0.1) is 0 Å². The molecule has 0 bridgehead atoms. The first-order valence-corrected chi connectivity index (χ1v) is 9.30. The molecule has 156 valence electrons. The van der Waals surface area contributed by atoms with Gasteiger partial charge in [0.05, 0.1) is 13.5 Å². The number of ether oxygens (including phenoxy) is 1. The standard InChI is InChI=1S/C20H24N4O3S.ClH/c1-4-27-20(26)23-19(28)22-17-12-8-9-13-18(17)24(21-3,15(2)25)14-16-10-6-5-7-11-16;/h5-13,21H,4,14H2,1-3H3,(H-,22,23,26,28);1H/p+1. The molecule has 1 unspecified atom stereocenters. The fourth-order valence-corrected chi connectivity index (χ4v) is 3.10. The molecule has 0 spiro atoms. The third-order valence-electron chi connectivity index (χ3n) is 4.24. The number of nitrogens with one attached hydrogen (secondary N) is 3. The first-order valence-electron chi connectivity index (χ1n) is 8.89. The van der Waals surface area contributed by atoms with E-state index in [1.165, 1.54) is 6.92 Å². The minimum atomic E-state index is -0.636. The number of alkyl carbamates (subject to hydrolysis) is 1. The first kappa shape index (κ1) is 24.5. The normalized spacial score (nSPS) is 12.1. The zero-order valence-corrected chi connectivity index (χ0v) is 18.2. The van der Waals surface area contributed by atoms with E-state index in [1.807, 2.05) is 48.5 Å². The largest absolute Gasteiger partial charge is 0.450 e. The summed E-state index contributed by atoms with van der Waals surface area (Å²) >= 11 is 5.21. The van der Waals surface area contributed by atoms with E-state index >= 15 is 0 Å². The number of benzene rings is 2. The lowest BCUT2D eigenvalue weighted by Gasteiger charge is -2.34. The second-order valence-electron chi connectivity index (χ2n) is 6.01. The maximum Gasteiger partial charge on any atom is 0.413 e. The smallest absolute Gasteiger partial charge is 0.413 e. The van der Waals surface area contributed by atoms with Crippen LogP contribution >= 0.6 is 24.6 Å². The number of hydrogen-bond acceptors (Lipinski definition) is 5. The Morgan fingerprint density at radius 2 is 1.69 bits per heavy atom. The molecule has 0 saturated heterocycles. The Kier molecular flexibility index (Phi) is 9.70. The summed E-state index contributed by atoms with van der Waals surface area (Å²) in [7, 11) is 1.73. The van der Waals surface area contributed by atoms with Crippen molar-refractivity contribution in [3.63, 3.8) is 0 Å². The van der Waals surface area contributed by atoms with E-state index in [4.69, 9.17) is 17.0 Å².